The second-order valence-corrected chi connectivity index (χ2v) is 6.72. The number of hydrogen-bond acceptors (Lipinski definition) is 3. The van der Waals surface area contributed by atoms with Gasteiger partial charge in [0.05, 0.1) is 5.25 Å². The van der Waals surface area contributed by atoms with E-state index in [1.165, 1.54) is 0 Å². The molecule has 1 saturated heterocycles. The number of nitrogens with zero attached hydrogens (tertiary/aromatic N) is 1. The Morgan fingerprint density at radius 1 is 1.33 bits per heavy atom. The van der Waals surface area contributed by atoms with Gasteiger partial charge in [0.2, 0.25) is 10.0 Å². The van der Waals surface area contributed by atoms with Crippen molar-refractivity contribution in [2.45, 2.75) is 37.5 Å². The molecule has 0 aromatic carbocycles. The lowest BCUT2D eigenvalue weighted by Crippen LogP contribution is -2.34. The Kier molecular flexibility index (Phi) is 4.03. The summed E-state index contributed by atoms with van der Waals surface area (Å²) in [6.07, 6.45) is 2.62. The largest absolute Gasteiger partial charge is 0.328 e. The van der Waals surface area contributed by atoms with Crippen molar-refractivity contribution >= 4 is 22.4 Å². The first kappa shape index (κ1) is 13.2. The fourth-order valence-electron chi connectivity index (χ4n) is 1.99. The van der Waals surface area contributed by atoms with Gasteiger partial charge in [0, 0.05) is 19.1 Å². The van der Waals surface area contributed by atoms with Crippen molar-refractivity contribution in [1.82, 2.24) is 4.31 Å². The Morgan fingerprint density at radius 3 is 2.33 bits per heavy atom. The van der Waals surface area contributed by atoms with Crippen molar-refractivity contribution in [2.24, 2.45) is 11.7 Å². The van der Waals surface area contributed by atoms with Crippen LogP contribution in [0, 0.1) is 5.92 Å². The van der Waals surface area contributed by atoms with Gasteiger partial charge in [0.25, 0.3) is 0 Å². The molecule has 0 aromatic rings. The van der Waals surface area contributed by atoms with Crippen molar-refractivity contribution in [1.29, 1.82) is 0 Å². The van der Waals surface area contributed by atoms with Crippen molar-refractivity contribution < 1.29 is 8.42 Å². The Morgan fingerprint density at radius 2 is 1.93 bits per heavy atom. The standard InChI is InChI=1S/C9H18N2O2S.ClH/c1-7(10)8-4-5-11(6-8)14(12,13)9-2-3-9;/h7-9H,2-6,10H2,1H3;1H. The molecule has 2 rings (SSSR count). The molecule has 6 heteroatoms. The summed E-state index contributed by atoms with van der Waals surface area (Å²) in [6.45, 7) is 3.26. The molecule has 4 nitrogen and oxygen atoms in total. The van der Waals surface area contributed by atoms with Gasteiger partial charge in [-0.15, -0.1) is 12.4 Å². The number of halogens is 1. The van der Waals surface area contributed by atoms with E-state index in [1.807, 2.05) is 6.92 Å². The average Bonchev–Trinajstić information content (AvgIpc) is 2.82. The first-order valence-corrected chi connectivity index (χ1v) is 6.76. The Hall–Kier alpha value is 0.160. The lowest BCUT2D eigenvalue weighted by molar-refractivity contribution is 0.428. The van der Waals surface area contributed by atoms with Gasteiger partial charge in [-0.25, -0.2) is 12.7 Å². The zero-order chi connectivity index (χ0) is 10.3. The minimum atomic E-state index is -2.95. The highest BCUT2D eigenvalue weighted by molar-refractivity contribution is 7.90. The fraction of sp³-hybridized carbons (Fsp3) is 1.00. The van der Waals surface area contributed by atoms with Crippen molar-refractivity contribution in [3.05, 3.63) is 0 Å². The van der Waals surface area contributed by atoms with Gasteiger partial charge in [-0.05, 0) is 32.1 Å². The molecule has 1 heterocycles. The van der Waals surface area contributed by atoms with Crippen LogP contribution in [0.25, 0.3) is 0 Å². The highest BCUT2D eigenvalue weighted by Gasteiger charge is 2.42. The van der Waals surface area contributed by atoms with Gasteiger partial charge >= 0.3 is 0 Å². The molecular formula is C9H19ClN2O2S. The van der Waals surface area contributed by atoms with Gasteiger partial charge in [0.15, 0.2) is 0 Å². The van der Waals surface area contributed by atoms with E-state index in [0.29, 0.717) is 19.0 Å². The quantitative estimate of drug-likeness (QED) is 0.801. The van der Waals surface area contributed by atoms with Crippen LogP contribution < -0.4 is 5.73 Å². The second-order valence-electron chi connectivity index (χ2n) is 4.51. The molecule has 0 bridgehead atoms. The lowest BCUT2D eigenvalue weighted by atomic mass is 10.0. The Bertz CT molecular complexity index is 314. The summed E-state index contributed by atoms with van der Waals surface area (Å²) >= 11 is 0. The average molecular weight is 255 g/mol. The molecule has 1 aliphatic carbocycles. The third-order valence-corrected chi connectivity index (χ3v) is 5.60. The molecule has 2 unspecified atom stereocenters. The Labute approximate surface area is 97.7 Å². The molecule has 0 amide bonds. The summed E-state index contributed by atoms with van der Waals surface area (Å²) in [5.74, 6) is 0.350. The van der Waals surface area contributed by atoms with E-state index >= 15 is 0 Å². The molecule has 2 N–H and O–H groups in total. The van der Waals surface area contributed by atoms with E-state index < -0.39 is 10.0 Å². The summed E-state index contributed by atoms with van der Waals surface area (Å²) in [6, 6.07) is 0.106. The van der Waals surface area contributed by atoms with Gasteiger partial charge in [-0.2, -0.15) is 0 Å². The van der Waals surface area contributed by atoms with E-state index in [0.717, 1.165) is 19.3 Å². The lowest BCUT2D eigenvalue weighted by Gasteiger charge is -2.17. The van der Waals surface area contributed by atoms with Crippen LogP contribution in [0.5, 0.6) is 0 Å². The zero-order valence-electron chi connectivity index (χ0n) is 8.93. The van der Waals surface area contributed by atoms with E-state index in [2.05, 4.69) is 0 Å². The van der Waals surface area contributed by atoms with E-state index in [-0.39, 0.29) is 23.7 Å². The number of hydrogen-bond donors (Lipinski definition) is 1. The zero-order valence-corrected chi connectivity index (χ0v) is 10.6. The van der Waals surface area contributed by atoms with Crippen LogP contribution in [0.2, 0.25) is 0 Å². The molecule has 2 aliphatic rings. The van der Waals surface area contributed by atoms with Crippen molar-refractivity contribution in [2.75, 3.05) is 13.1 Å². The third kappa shape index (κ3) is 2.64. The van der Waals surface area contributed by atoms with Crippen LogP contribution in [-0.4, -0.2) is 37.1 Å². The molecule has 90 valence electrons. The van der Waals surface area contributed by atoms with E-state index in [9.17, 15) is 8.42 Å². The van der Waals surface area contributed by atoms with Crippen molar-refractivity contribution in [3.63, 3.8) is 0 Å². The summed E-state index contributed by atoms with van der Waals surface area (Å²) in [5, 5.41) is -0.0747. The second kappa shape index (κ2) is 4.57. The van der Waals surface area contributed by atoms with Gasteiger partial charge in [-0.1, -0.05) is 0 Å². The predicted octanol–water partition coefficient (Wildman–Crippen LogP) is 0.570. The minimum Gasteiger partial charge on any atom is -0.328 e. The minimum absolute atomic E-state index is 0. The summed E-state index contributed by atoms with van der Waals surface area (Å²) < 4.78 is 25.3. The number of sulfonamides is 1. The molecule has 1 aliphatic heterocycles. The number of rotatable bonds is 3. The number of nitrogens with two attached hydrogens (primary N) is 1. The first-order chi connectivity index (χ1) is 6.51. The normalized spacial score (nSPS) is 29.9. The topological polar surface area (TPSA) is 63.4 Å². The molecule has 0 radical (unpaired) electrons. The van der Waals surface area contributed by atoms with Gasteiger partial charge in [-0.3, -0.25) is 0 Å². The molecule has 2 atom stereocenters. The van der Waals surface area contributed by atoms with Crippen LogP contribution in [-0.2, 0) is 10.0 Å². The van der Waals surface area contributed by atoms with Gasteiger partial charge in [0.1, 0.15) is 0 Å². The highest BCUT2D eigenvalue weighted by Crippen LogP contribution is 2.33. The van der Waals surface area contributed by atoms with Crippen molar-refractivity contribution in [3.8, 4) is 0 Å². The maximum Gasteiger partial charge on any atom is 0.216 e. The smallest absolute Gasteiger partial charge is 0.216 e. The fourth-order valence-corrected chi connectivity index (χ4v) is 3.90. The van der Waals surface area contributed by atoms with Crippen LogP contribution >= 0.6 is 12.4 Å². The molecule has 15 heavy (non-hydrogen) atoms. The summed E-state index contributed by atoms with van der Waals surface area (Å²) in [4.78, 5) is 0. The maximum absolute atomic E-state index is 11.8. The predicted molar refractivity (Wildman–Crippen MR) is 62.5 cm³/mol. The molecule has 1 saturated carbocycles. The summed E-state index contributed by atoms with van der Waals surface area (Å²) in [7, 11) is -2.95. The molecule has 2 fully saturated rings. The Balaban J connectivity index is 0.00000112. The molecule has 0 aromatic heterocycles. The maximum atomic E-state index is 11.8. The van der Waals surface area contributed by atoms with Crippen LogP contribution in [0.4, 0.5) is 0 Å². The SMILES string of the molecule is CC(N)C1CCN(S(=O)(=O)C2CC2)C1.Cl. The highest BCUT2D eigenvalue weighted by atomic mass is 35.5. The molecule has 0 spiro atoms. The van der Waals surface area contributed by atoms with E-state index in [1.54, 1.807) is 4.31 Å². The molecular weight excluding hydrogens is 236 g/mol. The van der Waals surface area contributed by atoms with E-state index in [4.69, 9.17) is 5.73 Å². The monoisotopic (exact) mass is 254 g/mol. The van der Waals surface area contributed by atoms with Crippen LogP contribution in [0.3, 0.4) is 0 Å². The van der Waals surface area contributed by atoms with Crippen LogP contribution in [0.15, 0.2) is 0 Å². The summed E-state index contributed by atoms with van der Waals surface area (Å²) in [5.41, 5.74) is 5.77. The third-order valence-electron chi connectivity index (χ3n) is 3.24. The van der Waals surface area contributed by atoms with Gasteiger partial charge < -0.3 is 5.73 Å². The van der Waals surface area contributed by atoms with Crippen LogP contribution in [0.1, 0.15) is 26.2 Å². The first-order valence-electron chi connectivity index (χ1n) is 5.26.